The van der Waals surface area contributed by atoms with E-state index in [1.54, 1.807) is 14.0 Å². The quantitative estimate of drug-likeness (QED) is 0.600. The zero-order valence-electron chi connectivity index (χ0n) is 19.1. The molecule has 2 heterocycles. The Kier molecular flexibility index (Phi) is 9.15. The molecule has 7 heteroatoms. The van der Waals surface area contributed by atoms with Crippen molar-refractivity contribution >= 4 is 11.8 Å². The number of amides is 2. The fourth-order valence-electron chi connectivity index (χ4n) is 4.56. The fourth-order valence-corrected chi connectivity index (χ4v) is 4.56. The monoisotopic (exact) mass is 431 g/mol. The highest BCUT2D eigenvalue weighted by atomic mass is 16.5. The summed E-state index contributed by atoms with van der Waals surface area (Å²) >= 11 is 0. The predicted octanol–water partition coefficient (Wildman–Crippen LogP) is 2.19. The van der Waals surface area contributed by atoms with Crippen molar-refractivity contribution in [3.8, 4) is 5.75 Å². The third kappa shape index (κ3) is 7.21. The van der Waals surface area contributed by atoms with Gasteiger partial charge >= 0.3 is 0 Å². The molecular weight excluding hydrogens is 394 g/mol. The number of benzene rings is 1. The second-order valence-electron chi connectivity index (χ2n) is 8.51. The third-order valence-corrected chi connectivity index (χ3v) is 6.33. The first kappa shape index (κ1) is 23.5. The molecule has 2 fully saturated rings. The van der Waals surface area contributed by atoms with Crippen LogP contribution in [0.25, 0.3) is 0 Å². The molecule has 0 bridgehead atoms. The van der Waals surface area contributed by atoms with Crippen LogP contribution < -0.4 is 4.74 Å². The van der Waals surface area contributed by atoms with Crippen molar-refractivity contribution in [2.75, 3.05) is 59.6 Å². The van der Waals surface area contributed by atoms with E-state index in [4.69, 9.17) is 9.47 Å². The summed E-state index contributed by atoms with van der Waals surface area (Å²) in [6.45, 7) is 8.36. The number of likely N-dealkylation sites (tertiary alicyclic amines) is 1. The van der Waals surface area contributed by atoms with E-state index in [1.165, 1.54) is 0 Å². The summed E-state index contributed by atoms with van der Waals surface area (Å²) in [7, 11) is 1.65. The number of carbonyl (C=O) groups is 2. The maximum atomic E-state index is 12.9. The van der Waals surface area contributed by atoms with Crippen molar-refractivity contribution in [2.24, 2.45) is 0 Å². The van der Waals surface area contributed by atoms with Crippen LogP contribution in [0.4, 0.5) is 0 Å². The molecule has 1 aromatic carbocycles. The van der Waals surface area contributed by atoms with Gasteiger partial charge in [-0.3, -0.25) is 14.5 Å². The molecule has 1 unspecified atom stereocenters. The summed E-state index contributed by atoms with van der Waals surface area (Å²) in [6.07, 6.45) is 4.06. The van der Waals surface area contributed by atoms with Gasteiger partial charge in [-0.05, 0) is 43.4 Å². The van der Waals surface area contributed by atoms with E-state index in [1.807, 2.05) is 34.1 Å². The fraction of sp³-hybridized carbons (Fsp3) is 0.667. The highest BCUT2D eigenvalue weighted by Gasteiger charge is 2.29. The Balaban J connectivity index is 1.48. The molecule has 0 aromatic heterocycles. The van der Waals surface area contributed by atoms with Crippen LogP contribution in [-0.4, -0.2) is 92.1 Å². The molecule has 2 aliphatic heterocycles. The number of aryl methyl sites for hydroxylation is 1. The SMILES string of the molecule is COc1cccc(CCC(=O)N2CCCC(N(CCCN3CCOCC3)C(C)=O)C2)c1. The number of hydrogen-bond acceptors (Lipinski definition) is 5. The molecule has 0 N–H and O–H groups in total. The minimum Gasteiger partial charge on any atom is -0.497 e. The summed E-state index contributed by atoms with van der Waals surface area (Å²) in [6, 6.07) is 8.00. The molecule has 2 amide bonds. The summed E-state index contributed by atoms with van der Waals surface area (Å²) in [5, 5.41) is 0. The molecule has 0 saturated carbocycles. The van der Waals surface area contributed by atoms with E-state index < -0.39 is 0 Å². The van der Waals surface area contributed by atoms with Crippen molar-refractivity contribution in [2.45, 2.75) is 45.1 Å². The van der Waals surface area contributed by atoms with E-state index in [0.29, 0.717) is 19.4 Å². The van der Waals surface area contributed by atoms with E-state index in [2.05, 4.69) is 4.90 Å². The molecule has 2 aliphatic rings. The Bertz CT molecular complexity index is 721. The second kappa shape index (κ2) is 12.1. The van der Waals surface area contributed by atoms with Gasteiger partial charge in [0.15, 0.2) is 0 Å². The van der Waals surface area contributed by atoms with Crippen molar-refractivity contribution < 1.29 is 19.1 Å². The van der Waals surface area contributed by atoms with Crippen LogP contribution in [0.2, 0.25) is 0 Å². The number of morpholine rings is 1. The van der Waals surface area contributed by atoms with Gasteiger partial charge in [0.25, 0.3) is 0 Å². The Morgan fingerprint density at radius 1 is 1.23 bits per heavy atom. The molecular formula is C24H37N3O4. The van der Waals surface area contributed by atoms with Gasteiger partial charge in [0.1, 0.15) is 5.75 Å². The van der Waals surface area contributed by atoms with E-state index in [0.717, 1.165) is 76.5 Å². The van der Waals surface area contributed by atoms with Gasteiger partial charge in [0.2, 0.25) is 11.8 Å². The van der Waals surface area contributed by atoms with Crippen molar-refractivity contribution in [3.63, 3.8) is 0 Å². The van der Waals surface area contributed by atoms with E-state index in [9.17, 15) is 9.59 Å². The number of nitrogens with zero attached hydrogens (tertiary/aromatic N) is 3. The number of ether oxygens (including phenoxy) is 2. The smallest absolute Gasteiger partial charge is 0.222 e. The van der Waals surface area contributed by atoms with Crippen LogP contribution in [0.5, 0.6) is 5.75 Å². The molecule has 31 heavy (non-hydrogen) atoms. The van der Waals surface area contributed by atoms with Gasteiger partial charge in [-0.2, -0.15) is 0 Å². The Morgan fingerprint density at radius 2 is 2.03 bits per heavy atom. The summed E-state index contributed by atoms with van der Waals surface area (Å²) in [4.78, 5) is 31.5. The van der Waals surface area contributed by atoms with Crippen LogP contribution in [-0.2, 0) is 20.7 Å². The number of hydrogen-bond donors (Lipinski definition) is 0. The maximum Gasteiger partial charge on any atom is 0.222 e. The molecule has 1 atom stereocenters. The minimum absolute atomic E-state index is 0.109. The Morgan fingerprint density at radius 3 is 2.77 bits per heavy atom. The summed E-state index contributed by atoms with van der Waals surface area (Å²) < 4.78 is 10.7. The van der Waals surface area contributed by atoms with Crippen LogP contribution >= 0.6 is 0 Å². The Labute approximate surface area is 186 Å². The molecule has 3 rings (SSSR count). The third-order valence-electron chi connectivity index (χ3n) is 6.33. The van der Waals surface area contributed by atoms with E-state index in [-0.39, 0.29) is 17.9 Å². The molecule has 2 saturated heterocycles. The maximum absolute atomic E-state index is 12.9. The first-order valence-corrected chi connectivity index (χ1v) is 11.5. The van der Waals surface area contributed by atoms with E-state index >= 15 is 0 Å². The molecule has 0 aliphatic carbocycles. The van der Waals surface area contributed by atoms with Gasteiger partial charge in [-0.15, -0.1) is 0 Å². The lowest BCUT2D eigenvalue weighted by atomic mass is 10.0. The minimum atomic E-state index is 0.109. The molecule has 0 spiro atoms. The van der Waals surface area contributed by atoms with Crippen molar-refractivity contribution in [3.05, 3.63) is 29.8 Å². The highest BCUT2D eigenvalue weighted by Crippen LogP contribution is 2.19. The summed E-state index contributed by atoms with van der Waals surface area (Å²) in [5.41, 5.74) is 1.11. The molecule has 0 radical (unpaired) electrons. The van der Waals surface area contributed by atoms with Crippen LogP contribution in [0, 0.1) is 0 Å². The Hall–Kier alpha value is -2.12. The lowest BCUT2D eigenvalue weighted by molar-refractivity contribution is -0.138. The highest BCUT2D eigenvalue weighted by molar-refractivity contribution is 5.77. The second-order valence-corrected chi connectivity index (χ2v) is 8.51. The lowest BCUT2D eigenvalue weighted by Gasteiger charge is -2.39. The number of piperidine rings is 1. The van der Waals surface area contributed by atoms with Gasteiger partial charge < -0.3 is 19.3 Å². The topological polar surface area (TPSA) is 62.3 Å². The first-order valence-electron chi connectivity index (χ1n) is 11.5. The van der Waals surface area contributed by atoms with Crippen LogP contribution in [0.15, 0.2) is 24.3 Å². The number of rotatable bonds is 9. The van der Waals surface area contributed by atoms with Gasteiger partial charge in [0, 0.05) is 58.7 Å². The standard InChI is InChI=1S/C24H37N3O4/c1-20(28)27(13-5-11-25-14-16-31-17-15-25)22-7-4-12-26(19-22)24(29)10-9-21-6-3-8-23(18-21)30-2/h3,6,8,18,22H,4-5,7,9-17,19H2,1-2H3. The average molecular weight is 432 g/mol. The first-order chi connectivity index (χ1) is 15.1. The van der Waals surface area contributed by atoms with Gasteiger partial charge in [-0.25, -0.2) is 0 Å². The van der Waals surface area contributed by atoms with Crippen molar-refractivity contribution in [1.29, 1.82) is 0 Å². The normalized spacial score (nSPS) is 19.8. The van der Waals surface area contributed by atoms with Gasteiger partial charge in [0.05, 0.1) is 20.3 Å². The molecule has 172 valence electrons. The van der Waals surface area contributed by atoms with Crippen LogP contribution in [0.1, 0.15) is 38.2 Å². The lowest BCUT2D eigenvalue weighted by Crippen LogP contribution is -2.52. The zero-order chi connectivity index (χ0) is 22.1. The largest absolute Gasteiger partial charge is 0.497 e. The van der Waals surface area contributed by atoms with Crippen LogP contribution in [0.3, 0.4) is 0 Å². The molecule has 1 aromatic rings. The predicted molar refractivity (Wildman–Crippen MR) is 120 cm³/mol. The number of carbonyl (C=O) groups excluding carboxylic acids is 2. The van der Waals surface area contributed by atoms with Gasteiger partial charge in [-0.1, -0.05) is 12.1 Å². The zero-order valence-corrected chi connectivity index (χ0v) is 19.1. The number of methoxy groups -OCH3 is 1. The van der Waals surface area contributed by atoms with Crippen molar-refractivity contribution in [1.82, 2.24) is 14.7 Å². The molecule has 7 nitrogen and oxygen atoms in total. The average Bonchev–Trinajstić information content (AvgIpc) is 2.81. The summed E-state index contributed by atoms with van der Waals surface area (Å²) in [5.74, 6) is 1.10.